The van der Waals surface area contributed by atoms with E-state index in [4.69, 9.17) is 4.74 Å². The van der Waals surface area contributed by atoms with Gasteiger partial charge in [0.05, 0.1) is 10.5 Å². The molecule has 0 aliphatic carbocycles. The summed E-state index contributed by atoms with van der Waals surface area (Å²) < 4.78 is 56.5. The van der Waals surface area contributed by atoms with E-state index in [9.17, 15) is 22.0 Å². The number of hydrogen-bond donors (Lipinski definition) is 0. The van der Waals surface area contributed by atoms with Crippen LogP contribution >= 0.6 is 0 Å². The van der Waals surface area contributed by atoms with Gasteiger partial charge in [0.1, 0.15) is 17.4 Å². The van der Waals surface area contributed by atoms with Gasteiger partial charge < -0.3 is 4.74 Å². The Balaban J connectivity index is 2.20. The molecule has 1 heterocycles. The number of ketones is 1. The summed E-state index contributed by atoms with van der Waals surface area (Å²) in [5, 5.41) is 0. The molecule has 7 heteroatoms. The van der Waals surface area contributed by atoms with Gasteiger partial charge in [0, 0.05) is 23.4 Å². The third-order valence-corrected chi connectivity index (χ3v) is 5.23. The van der Waals surface area contributed by atoms with Crippen molar-refractivity contribution in [2.24, 2.45) is 0 Å². The molecule has 2 aromatic rings. The Bertz CT molecular complexity index is 1040. The topological polar surface area (TPSA) is 60.4 Å². The van der Waals surface area contributed by atoms with E-state index in [2.05, 4.69) is 0 Å². The van der Waals surface area contributed by atoms with Gasteiger partial charge in [0.25, 0.3) is 0 Å². The van der Waals surface area contributed by atoms with Crippen molar-refractivity contribution >= 4 is 27.0 Å². The van der Waals surface area contributed by atoms with Crippen LogP contribution in [0.2, 0.25) is 0 Å². The second-order valence-corrected chi connectivity index (χ2v) is 8.58. The van der Waals surface area contributed by atoms with Crippen LogP contribution in [-0.2, 0) is 19.4 Å². The number of benzene rings is 2. The lowest BCUT2D eigenvalue weighted by Gasteiger charge is -2.17. The van der Waals surface area contributed by atoms with Gasteiger partial charge in [-0.3, -0.25) is 4.79 Å². The average Bonchev–Trinajstić information content (AvgIpc) is 2.78. The van der Waals surface area contributed by atoms with Gasteiger partial charge >= 0.3 is 0 Å². The summed E-state index contributed by atoms with van der Waals surface area (Å²) in [6.07, 6.45) is 1.08. The van der Waals surface area contributed by atoms with Gasteiger partial charge in [-0.1, -0.05) is 0 Å². The van der Waals surface area contributed by atoms with Crippen molar-refractivity contribution in [3.05, 3.63) is 65.2 Å². The third kappa shape index (κ3) is 3.14. The summed E-state index contributed by atoms with van der Waals surface area (Å²) >= 11 is 0. The van der Waals surface area contributed by atoms with Crippen LogP contribution in [0.15, 0.2) is 47.4 Å². The summed E-state index contributed by atoms with van der Waals surface area (Å²) in [5.74, 6) is -1.94. The third-order valence-electron chi connectivity index (χ3n) is 4.10. The largest absolute Gasteiger partial charge is 0.478 e. The number of ether oxygens (including phenoxy) is 1. The van der Waals surface area contributed by atoms with Crippen LogP contribution in [-0.4, -0.2) is 26.1 Å². The molecule has 1 aliphatic heterocycles. The van der Waals surface area contributed by atoms with Crippen LogP contribution in [0.5, 0.6) is 0 Å². The average molecular weight is 378 g/mol. The maximum Gasteiger partial charge on any atom is 0.210 e. The van der Waals surface area contributed by atoms with Crippen molar-refractivity contribution in [3.8, 4) is 0 Å². The maximum absolute atomic E-state index is 14.3. The van der Waals surface area contributed by atoms with Crippen molar-refractivity contribution in [1.29, 1.82) is 0 Å². The normalized spacial score (nSPS) is 16.7. The molecule has 0 spiro atoms. The highest BCUT2D eigenvalue weighted by Gasteiger charge is 2.43. The zero-order valence-electron chi connectivity index (χ0n) is 14.3. The van der Waals surface area contributed by atoms with E-state index in [1.807, 2.05) is 0 Å². The highest BCUT2D eigenvalue weighted by Crippen LogP contribution is 2.42. The Morgan fingerprint density at radius 1 is 1.00 bits per heavy atom. The first-order chi connectivity index (χ1) is 12.0. The molecule has 0 unspecified atom stereocenters. The van der Waals surface area contributed by atoms with Crippen LogP contribution in [0.25, 0.3) is 11.3 Å². The molecule has 0 bridgehead atoms. The molecular formula is C19H16F2O4S. The summed E-state index contributed by atoms with van der Waals surface area (Å²) in [6.45, 7) is 3.10. The van der Waals surface area contributed by atoms with Crippen molar-refractivity contribution in [2.75, 3.05) is 6.26 Å². The zero-order chi connectivity index (χ0) is 19.3. The molecule has 0 aromatic heterocycles. The lowest BCUT2D eigenvalue weighted by molar-refractivity contribution is -0.125. The number of halogens is 2. The monoisotopic (exact) mass is 378 g/mol. The van der Waals surface area contributed by atoms with Crippen molar-refractivity contribution < 1.29 is 26.7 Å². The standard InChI is InChI=1S/C19H16F2O4S/c1-19(2)18(22)16(14-9-6-12(20)10-15(14)21)17(25-19)11-4-7-13(8-5-11)26(3,23)24/h4-10H,1-3H3. The summed E-state index contributed by atoms with van der Waals surface area (Å²) in [7, 11) is -3.38. The number of carbonyl (C=O) groups is 1. The first-order valence-electron chi connectivity index (χ1n) is 7.75. The van der Waals surface area contributed by atoms with E-state index in [0.717, 1.165) is 12.3 Å². The molecule has 0 atom stereocenters. The smallest absolute Gasteiger partial charge is 0.210 e. The predicted octanol–water partition coefficient (Wildman–Crippen LogP) is 3.61. The van der Waals surface area contributed by atoms with Crippen molar-refractivity contribution in [3.63, 3.8) is 0 Å². The minimum atomic E-state index is -3.38. The van der Waals surface area contributed by atoms with E-state index in [-0.39, 0.29) is 21.8 Å². The van der Waals surface area contributed by atoms with Crippen molar-refractivity contribution in [1.82, 2.24) is 0 Å². The molecule has 1 aliphatic rings. The molecule has 0 amide bonds. The van der Waals surface area contributed by atoms with E-state index < -0.39 is 32.9 Å². The molecule has 4 nitrogen and oxygen atoms in total. The quantitative estimate of drug-likeness (QED) is 0.819. The minimum Gasteiger partial charge on any atom is -0.478 e. The van der Waals surface area contributed by atoms with E-state index >= 15 is 0 Å². The molecule has 0 saturated heterocycles. The summed E-state index contributed by atoms with van der Waals surface area (Å²) in [6, 6.07) is 8.70. The fourth-order valence-corrected chi connectivity index (χ4v) is 3.38. The molecule has 0 N–H and O–H groups in total. The van der Waals surface area contributed by atoms with Crippen LogP contribution in [0.1, 0.15) is 25.0 Å². The number of Topliss-reactive ketones (excluding diaryl/α,β-unsaturated/α-hetero) is 1. The Kier molecular flexibility index (Phi) is 4.23. The minimum absolute atomic E-state index is 0.000365. The second-order valence-electron chi connectivity index (χ2n) is 6.57. The van der Waals surface area contributed by atoms with Gasteiger partial charge in [0.15, 0.2) is 15.4 Å². The van der Waals surface area contributed by atoms with Gasteiger partial charge in [-0.2, -0.15) is 0 Å². The van der Waals surface area contributed by atoms with Gasteiger partial charge in [0.2, 0.25) is 5.78 Å². The van der Waals surface area contributed by atoms with E-state index in [0.29, 0.717) is 11.6 Å². The Morgan fingerprint density at radius 2 is 1.62 bits per heavy atom. The molecule has 0 saturated carbocycles. The first kappa shape index (κ1) is 18.3. The zero-order valence-corrected chi connectivity index (χ0v) is 15.2. The lowest BCUT2D eigenvalue weighted by atomic mass is 9.92. The maximum atomic E-state index is 14.3. The number of rotatable bonds is 3. The van der Waals surface area contributed by atoms with Gasteiger partial charge in [-0.15, -0.1) is 0 Å². The number of sulfone groups is 1. The van der Waals surface area contributed by atoms with E-state index in [1.165, 1.54) is 30.3 Å². The number of hydrogen-bond acceptors (Lipinski definition) is 4. The van der Waals surface area contributed by atoms with Gasteiger partial charge in [-0.05, 0) is 50.2 Å². The number of carbonyl (C=O) groups excluding carboxylic acids is 1. The Morgan fingerprint density at radius 3 is 2.15 bits per heavy atom. The Hall–Kier alpha value is -2.54. The van der Waals surface area contributed by atoms with Crippen LogP contribution in [0.4, 0.5) is 8.78 Å². The molecule has 136 valence electrons. The van der Waals surface area contributed by atoms with Crippen LogP contribution < -0.4 is 0 Å². The fraction of sp³-hybridized carbons (Fsp3) is 0.211. The SMILES string of the molecule is CC1(C)OC(c2ccc(S(C)(=O)=O)cc2)=C(c2ccc(F)cc2F)C1=O. The fourth-order valence-electron chi connectivity index (χ4n) is 2.75. The molecule has 26 heavy (non-hydrogen) atoms. The lowest BCUT2D eigenvalue weighted by Crippen LogP contribution is -2.29. The highest BCUT2D eigenvalue weighted by atomic mass is 32.2. The molecule has 3 rings (SSSR count). The molecule has 0 fully saturated rings. The Labute approximate surface area is 150 Å². The van der Waals surface area contributed by atoms with Gasteiger partial charge in [-0.25, -0.2) is 17.2 Å². The highest BCUT2D eigenvalue weighted by molar-refractivity contribution is 7.90. The molecule has 0 radical (unpaired) electrons. The summed E-state index contributed by atoms with van der Waals surface area (Å²) in [5.41, 5.74) is -0.861. The molecule has 2 aromatic carbocycles. The van der Waals surface area contributed by atoms with E-state index in [1.54, 1.807) is 13.8 Å². The first-order valence-corrected chi connectivity index (χ1v) is 9.64. The van der Waals surface area contributed by atoms with Crippen molar-refractivity contribution in [2.45, 2.75) is 24.3 Å². The summed E-state index contributed by atoms with van der Waals surface area (Å²) in [4.78, 5) is 12.8. The van der Waals surface area contributed by atoms with Crippen LogP contribution in [0.3, 0.4) is 0 Å². The molecular weight excluding hydrogens is 362 g/mol. The van der Waals surface area contributed by atoms with Crippen LogP contribution in [0, 0.1) is 11.6 Å². The predicted molar refractivity (Wildman–Crippen MR) is 92.9 cm³/mol. The second kappa shape index (κ2) is 6.02.